The SMILES string of the molecule is CC/C=C\C/C=C\C/C=C\C/C=C\C/C=C\C/C=C\CCC(=O)OCC(COP(=O)(O)OCC(O)COP(=O)(O)OCC(COC(=O)CCCCCCCCC/C=C\C/C=C\C/C=C\CC)OC(=O)CCCC/C=C\C/C=C\C/C=C\C/C=C\CC)OC(=O)CCCCCCCCCCCCCCCCC. The Morgan fingerprint density at radius 2 is 0.509 bits per heavy atom. The zero-order valence-electron chi connectivity index (χ0n) is 66.1. The van der Waals surface area contributed by atoms with E-state index >= 15 is 0 Å². The zero-order chi connectivity index (χ0) is 77.4. The van der Waals surface area contributed by atoms with Crippen LogP contribution in [0.2, 0.25) is 0 Å². The lowest BCUT2D eigenvalue weighted by Crippen LogP contribution is -2.30. The largest absolute Gasteiger partial charge is 0.472 e. The summed E-state index contributed by atoms with van der Waals surface area (Å²) in [6.45, 7) is 4.41. The standard InChI is InChI=1S/C87H144O17P2/c1-5-9-13-17-21-25-29-33-37-39-40-42-46-48-52-56-60-64-68-72-85(90)98-78-83(104-87(92)74-70-66-62-58-54-50-44-36-32-28-24-20-16-12-8-4)80-102-106(95,96)100-76-81(88)75-99-105(93,94)101-79-82(103-86(91)73-69-65-61-57-53-49-43-35-31-27-23-19-15-11-7-3)77-97-84(89)71-67-63-59-55-51-47-45-41-38-34-30-26-22-18-14-10-6-2/h9-11,13-15,21-23,25-27,33-35,37-38,40,42-43,48,52-53,57,60,64,81-83,88H,5-8,12,16-20,24,28-32,36,39,41,44-47,49-51,54-56,58-59,61-63,65-80H2,1-4H3,(H,93,94)(H,95,96)/b13-9-,14-10-,15-11-,25-21-,26-22-,27-23-,37-33-,38-34-,42-40-,43-35-,52-48-,57-53-,64-60-. The molecule has 0 aromatic heterocycles. The Morgan fingerprint density at radius 1 is 0.274 bits per heavy atom. The molecule has 0 spiro atoms. The van der Waals surface area contributed by atoms with Crippen molar-refractivity contribution < 1.29 is 80.2 Å². The van der Waals surface area contributed by atoms with E-state index in [1.54, 1.807) is 0 Å². The van der Waals surface area contributed by atoms with Crippen molar-refractivity contribution in [2.24, 2.45) is 0 Å². The highest BCUT2D eigenvalue weighted by Gasteiger charge is 2.30. The maximum Gasteiger partial charge on any atom is 0.472 e. The number of unbranched alkanes of at least 4 members (excludes halogenated alkanes) is 23. The lowest BCUT2D eigenvalue weighted by atomic mass is 10.0. The number of phosphoric ester groups is 2. The smallest absolute Gasteiger partial charge is 0.462 e. The summed E-state index contributed by atoms with van der Waals surface area (Å²) in [7, 11) is -10.0. The molecule has 19 heteroatoms. The fraction of sp³-hybridized carbons (Fsp3) is 0.655. The Labute approximate surface area is 642 Å². The van der Waals surface area contributed by atoms with Gasteiger partial charge in [-0.2, -0.15) is 0 Å². The molecule has 0 saturated carbocycles. The van der Waals surface area contributed by atoms with E-state index in [0.29, 0.717) is 38.5 Å². The Bertz CT molecular complexity index is 2630. The summed E-state index contributed by atoms with van der Waals surface area (Å²) < 4.78 is 68.6. The molecule has 0 aliphatic rings. The molecule has 0 aromatic carbocycles. The number of hydrogen-bond donors (Lipinski definition) is 3. The molecule has 17 nitrogen and oxygen atoms in total. The number of esters is 4. The number of aliphatic hydroxyl groups excluding tert-OH is 1. The summed E-state index contributed by atoms with van der Waals surface area (Å²) >= 11 is 0. The topological polar surface area (TPSA) is 237 Å². The van der Waals surface area contributed by atoms with Gasteiger partial charge >= 0.3 is 39.5 Å². The van der Waals surface area contributed by atoms with Gasteiger partial charge in [0, 0.05) is 25.7 Å². The second kappa shape index (κ2) is 77.8. The molecule has 0 bridgehead atoms. The third kappa shape index (κ3) is 76.9. The van der Waals surface area contributed by atoms with Crippen molar-refractivity contribution in [3.63, 3.8) is 0 Å². The van der Waals surface area contributed by atoms with Crippen LogP contribution in [-0.2, 0) is 65.4 Å². The molecule has 5 unspecified atom stereocenters. The number of aliphatic hydroxyl groups is 1. The lowest BCUT2D eigenvalue weighted by molar-refractivity contribution is -0.161. The zero-order valence-corrected chi connectivity index (χ0v) is 67.8. The molecule has 3 N–H and O–H groups in total. The molecule has 106 heavy (non-hydrogen) atoms. The van der Waals surface area contributed by atoms with Crippen molar-refractivity contribution in [3.05, 3.63) is 158 Å². The maximum absolute atomic E-state index is 13.1. The van der Waals surface area contributed by atoms with E-state index < -0.39 is 97.5 Å². The van der Waals surface area contributed by atoms with Crippen LogP contribution in [0.3, 0.4) is 0 Å². The van der Waals surface area contributed by atoms with Crippen LogP contribution in [0.4, 0.5) is 0 Å². The van der Waals surface area contributed by atoms with E-state index in [2.05, 4.69) is 167 Å². The monoisotopic (exact) mass is 1520 g/mol. The second-order valence-corrected chi connectivity index (χ2v) is 29.5. The quantitative estimate of drug-likeness (QED) is 0.0169. The van der Waals surface area contributed by atoms with E-state index in [4.69, 9.17) is 37.0 Å². The van der Waals surface area contributed by atoms with Crippen LogP contribution in [0.1, 0.15) is 310 Å². The van der Waals surface area contributed by atoms with E-state index in [9.17, 15) is 43.2 Å². The van der Waals surface area contributed by atoms with Gasteiger partial charge < -0.3 is 33.8 Å². The Hall–Kier alpha value is -5.32. The first-order valence-electron chi connectivity index (χ1n) is 40.7. The van der Waals surface area contributed by atoms with Crippen LogP contribution in [0.25, 0.3) is 0 Å². The van der Waals surface area contributed by atoms with Crippen LogP contribution in [-0.4, -0.2) is 96.7 Å². The highest BCUT2D eigenvalue weighted by Crippen LogP contribution is 2.45. The molecule has 0 rings (SSSR count). The van der Waals surface area contributed by atoms with Crippen LogP contribution >= 0.6 is 15.6 Å². The number of carbonyl (C=O) groups is 4. The van der Waals surface area contributed by atoms with Crippen molar-refractivity contribution in [3.8, 4) is 0 Å². The minimum Gasteiger partial charge on any atom is -0.462 e. The van der Waals surface area contributed by atoms with Gasteiger partial charge in [-0.05, 0) is 135 Å². The predicted molar refractivity (Wildman–Crippen MR) is 436 cm³/mol. The minimum absolute atomic E-state index is 0.0329. The molecule has 0 aromatic rings. The number of hydrogen-bond acceptors (Lipinski definition) is 15. The lowest BCUT2D eigenvalue weighted by Gasteiger charge is -2.21. The first-order chi connectivity index (χ1) is 51.7. The second-order valence-electron chi connectivity index (χ2n) is 26.6. The molecule has 0 amide bonds. The number of phosphoric acid groups is 2. The van der Waals surface area contributed by atoms with Crippen LogP contribution in [0.5, 0.6) is 0 Å². The summed E-state index contributed by atoms with van der Waals surface area (Å²) in [5, 5.41) is 10.7. The van der Waals surface area contributed by atoms with Crippen LogP contribution in [0, 0.1) is 0 Å². The Morgan fingerprint density at radius 3 is 0.830 bits per heavy atom. The molecular formula is C87H144O17P2. The van der Waals surface area contributed by atoms with Gasteiger partial charge in [-0.25, -0.2) is 9.13 Å². The summed E-state index contributed by atoms with van der Waals surface area (Å²) in [5.41, 5.74) is 0. The summed E-state index contributed by atoms with van der Waals surface area (Å²) in [4.78, 5) is 73.1. The van der Waals surface area contributed by atoms with E-state index in [-0.39, 0.29) is 25.7 Å². The number of rotatable bonds is 75. The molecule has 0 aliphatic carbocycles. The third-order valence-corrected chi connectivity index (χ3v) is 18.4. The number of allylic oxidation sites excluding steroid dienone is 26. The first-order valence-corrected chi connectivity index (χ1v) is 43.7. The van der Waals surface area contributed by atoms with Crippen LogP contribution < -0.4 is 0 Å². The van der Waals surface area contributed by atoms with Gasteiger partial charge in [-0.1, -0.05) is 308 Å². The highest BCUT2D eigenvalue weighted by atomic mass is 31.2. The minimum atomic E-state index is -5.00. The van der Waals surface area contributed by atoms with Gasteiger partial charge in [0.1, 0.15) is 19.3 Å². The molecule has 604 valence electrons. The van der Waals surface area contributed by atoms with Crippen molar-refractivity contribution in [1.29, 1.82) is 0 Å². The Balaban J connectivity index is 5.46. The van der Waals surface area contributed by atoms with Crippen molar-refractivity contribution >= 4 is 39.5 Å². The van der Waals surface area contributed by atoms with Gasteiger partial charge in [-0.3, -0.25) is 37.3 Å². The maximum atomic E-state index is 13.1. The van der Waals surface area contributed by atoms with Crippen molar-refractivity contribution in [2.75, 3.05) is 39.6 Å². The summed E-state index contributed by atoms with van der Waals surface area (Å²) in [5.74, 6) is -2.33. The molecule has 0 radical (unpaired) electrons. The predicted octanol–water partition coefficient (Wildman–Crippen LogP) is 24.0. The van der Waals surface area contributed by atoms with Gasteiger partial charge in [0.2, 0.25) is 0 Å². The van der Waals surface area contributed by atoms with Gasteiger partial charge in [-0.15, -0.1) is 0 Å². The molecule has 0 aliphatic heterocycles. The number of carbonyl (C=O) groups excluding carboxylic acids is 4. The highest BCUT2D eigenvalue weighted by molar-refractivity contribution is 7.47. The average Bonchev–Trinajstić information content (AvgIpc) is 0.909. The third-order valence-electron chi connectivity index (χ3n) is 16.5. The average molecular weight is 1520 g/mol. The first kappa shape index (κ1) is 101. The molecule has 0 fully saturated rings. The fourth-order valence-electron chi connectivity index (χ4n) is 10.4. The van der Waals surface area contributed by atoms with Crippen LogP contribution in [0.15, 0.2) is 158 Å². The van der Waals surface area contributed by atoms with Gasteiger partial charge in [0.25, 0.3) is 0 Å². The molecule has 0 saturated heterocycles. The van der Waals surface area contributed by atoms with Crippen molar-refractivity contribution in [1.82, 2.24) is 0 Å². The Kier molecular flexibility index (Phi) is 73.9. The number of ether oxygens (including phenoxy) is 4. The van der Waals surface area contributed by atoms with Gasteiger partial charge in [0.05, 0.1) is 26.4 Å². The van der Waals surface area contributed by atoms with E-state index in [1.165, 1.54) is 64.2 Å². The molecular weight excluding hydrogens is 1380 g/mol. The van der Waals surface area contributed by atoms with E-state index in [1.807, 2.05) is 18.2 Å². The van der Waals surface area contributed by atoms with Crippen molar-refractivity contribution in [2.45, 2.75) is 329 Å². The van der Waals surface area contributed by atoms with E-state index in [0.717, 1.165) is 154 Å². The van der Waals surface area contributed by atoms with Gasteiger partial charge in [0.15, 0.2) is 12.2 Å². The molecule has 0 heterocycles. The summed E-state index contributed by atoms with van der Waals surface area (Å²) in [6.07, 6.45) is 90.9. The normalized spacial score (nSPS) is 14.7. The molecule has 5 atom stereocenters. The summed E-state index contributed by atoms with van der Waals surface area (Å²) in [6, 6.07) is 0. The fourth-order valence-corrected chi connectivity index (χ4v) is 12.0.